The van der Waals surface area contributed by atoms with E-state index in [1.165, 1.54) is 55.5 Å². The van der Waals surface area contributed by atoms with Crippen LogP contribution in [0.25, 0.3) is 10.9 Å². The smallest absolute Gasteiger partial charge is 0.344 e. The third-order valence-electron chi connectivity index (χ3n) is 14.9. The van der Waals surface area contributed by atoms with Gasteiger partial charge in [0.05, 0.1) is 33.3 Å². The first-order valence-electron chi connectivity index (χ1n) is 21.3. The van der Waals surface area contributed by atoms with Crippen LogP contribution in [-0.4, -0.2) is 110 Å². The zero-order valence-electron chi connectivity index (χ0n) is 35.5. The maximum Gasteiger partial charge on any atom is 0.344 e. The molecule has 11 heteroatoms. The van der Waals surface area contributed by atoms with Gasteiger partial charge < -0.3 is 33.5 Å². The standard InChI is InChI=1S/C48H58N4O7/c1-8-46-21-14-25-52-26-22-47(42(46)52)36-27-34(39(57-6)28-38(36)50(4)43(47)48(55,45(54)58-7)44(46)59-30(2)53)40(31-17-19-32(56-5)20-18-31)41-35(29-51-23-12-9-13-24-51)33-15-10-11-16-37(33)49(41)3/h10-11,14-21,27-28,40,42-44,55H,8-9,12-13,22-26,29H2,1-7H3. The van der Waals surface area contributed by atoms with Gasteiger partial charge in [0.1, 0.15) is 11.5 Å². The van der Waals surface area contributed by atoms with Crippen molar-refractivity contribution >= 4 is 28.5 Å². The minimum Gasteiger partial charge on any atom is -0.497 e. The minimum absolute atomic E-state index is 0.194. The van der Waals surface area contributed by atoms with Gasteiger partial charge in [0.2, 0.25) is 5.60 Å². The molecule has 312 valence electrons. The number of benzene rings is 3. The van der Waals surface area contributed by atoms with E-state index < -0.39 is 40.5 Å². The zero-order valence-corrected chi connectivity index (χ0v) is 35.5. The molecule has 7 atom stereocenters. The molecule has 11 nitrogen and oxygen atoms in total. The normalized spacial score (nSPS) is 29.2. The van der Waals surface area contributed by atoms with Crippen LogP contribution in [0.15, 0.2) is 72.8 Å². The van der Waals surface area contributed by atoms with E-state index >= 15 is 0 Å². The Morgan fingerprint density at radius 2 is 1.68 bits per heavy atom. The van der Waals surface area contributed by atoms with Gasteiger partial charge in [0, 0.05) is 84.9 Å². The van der Waals surface area contributed by atoms with Gasteiger partial charge in [-0.1, -0.05) is 55.8 Å². The van der Waals surface area contributed by atoms with Gasteiger partial charge in [-0.25, -0.2) is 4.79 Å². The van der Waals surface area contributed by atoms with Crippen molar-refractivity contribution in [1.82, 2.24) is 14.4 Å². The van der Waals surface area contributed by atoms with E-state index in [0.29, 0.717) is 18.6 Å². The van der Waals surface area contributed by atoms with E-state index in [-0.39, 0.29) is 12.0 Å². The number of carbonyl (C=O) groups excluding carboxylic acids is 2. The predicted octanol–water partition coefficient (Wildman–Crippen LogP) is 6.31. The average molecular weight is 803 g/mol. The van der Waals surface area contributed by atoms with Gasteiger partial charge in [-0.3, -0.25) is 14.6 Å². The molecule has 7 unspecified atom stereocenters. The number of anilines is 1. The van der Waals surface area contributed by atoms with Crippen LogP contribution in [0.1, 0.15) is 79.8 Å². The zero-order chi connectivity index (χ0) is 41.4. The molecular formula is C48H58N4O7. The van der Waals surface area contributed by atoms with Crippen molar-refractivity contribution in [2.75, 3.05) is 59.5 Å². The van der Waals surface area contributed by atoms with Crippen molar-refractivity contribution in [2.45, 2.75) is 87.6 Å². The lowest BCUT2D eigenvalue weighted by molar-refractivity contribution is -0.228. The van der Waals surface area contributed by atoms with Crippen LogP contribution in [0.5, 0.6) is 11.5 Å². The van der Waals surface area contributed by atoms with E-state index in [0.717, 1.165) is 60.9 Å². The number of aryl methyl sites for hydroxylation is 1. The summed E-state index contributed by atoms with van der Waals surface area (Å²) in [6.07, 6.45) is 7.90. The van der Waals surface area contributed by atoms with Crippen molar-refractivity contribution in [1.29, 1.82) is 0 Å². The first-order valence-corrected chi connectivity index (χ1v) is 21.3. The Bertz CT molecular complexity index is 2320. The van der Waals surface area contributed by atoms with Crippen LogP contribution >= 0.6 is 0 Å². The van der Waals surface area contributed by atoms with E-state index in [1.807, 2.05) is 24.1 Å². The average Bonchev–Trinajstić information content (AvgIpc) is 3.87. The highest BCUT2D eigenvalue weighted by atomic mass is 16.6. The van der Waals surface area contributed by atoms with Crippen LogP contribution in [0.4, 0.5) is 5.69 Å². The lowest BCUT2D eigenvalue weighted by atomic mass is 9.47. The first-order chi connectivity index (χ1) is 28.5. The number of para-hydroxylation sites is 1. The second kappa shape index (κ2) is 14.7. The van der Waals surface area contributed by atoms with E-state index in [4.69, 9.17) is 18.9 Å². The highest BCUT2D eigenvalue weighted by Crippen LogP contribution is 2.68. The molecule has 59 heavy (non-hydrogen) atoms. The fourth-order valence-corrected chi connectivity index (χ4v) is 12.7. The molecule has 1 saturated carbocycles. The van der Waals surface area contributed by atoms with Gasteiger partial charge in [-0.15, -0.1) is 0 Å². The maximum atomic E-state index is 14.4. The highest BCUT2D eigenvalue weighted by Gasteiger charge is 2.80. The monoisotopic (exact) mass is 802 g/mol. The quantitative estimate of drug-likeness (QED) is 0.145. The predicted molar refractivity (Wildman–Crippen MR) is 227 cm³/mol. The molecule has 0 bridgehead atoms. The molecule has 3 aromatic carbocycles. The third-order valence-corrected chi connectivity index (χ3v) is 14.9. The van der Waals surface area contributed by atoms with Crippen LogP contribution in [0, 0.1) is 5.41 Å². The summed E-state index contributed by atoms with van der Waals surface area (Å²) in [5, 5.41) is 14.6. The fourth-order valence-electron chi connectivity index (χ4n) is 12.7. The Hall–Kier alpha value is -4.84. The Kier molecular flexibility index (Phi) is 9.88. The van der Waals surface area contributed by atoms with Crippen LogP contribution in [0.3, 0.4) is 0 Å². The molecule has 4 aliphatic heterocycles. The molecule has 1 aromatic heterocycles. The third kappa shape index (κ3) is 5.56. The SMILES string of the molecule is CCC12C=CCN3CCC4(c5cc(C(c6ccc(OC)cc6)c6c(CN7CCCCC7)c7ccccc7n6C)c(OC)cc5N(C)C4C(O)(C(=O)OC)C1OC(C)=O)C32. The van der Waals surface area contributed by atoms with E-state index in [2.05, 4.69) is 89.0 Å². The number of likely N-dealkylation sites (tertiary alicyclic amines) is 1. The molecule has 0 radical (unpaired) electrons. The Labute approximate surface area is 347 Å². The number of aromatic nitrogens is 1. The summed E-state index contributed by atoms with van der Waals surface area (Å²) in [5.41, 5.74) is 3.84. The number of aliphatic hydroxyl groups is 1. The van der Waals surface area contributed by atoms with Crippen LogP contribution in [0.2, 0.25) is 0 Å². The van der Waals surface area contributed by atoms with Crippen LogP contribution in [-0.2, 0) is 38.1 Å². The number of nitrogens with zero attached hydrogens (tertiary/aromatic N) is 4. The molecule has 3 fully saturated rings. The van der Waals surface area contributed by atoms with Crippen molar-refractivity contribution in [3.05, 3.63) is 101 Å². The molecule has 1 spiro atoms. The Balaban J connectivity index is 1.33. The summed E-state index contributed by atoms with van der Waals surface area (Å²) in [5.74, 6) is -0.144. The summed E-state index contributed by atoms with van der Waals surface area (Å²) in [7, 11) is 8.84. The van der Waals surface area contributed by atoms with Gasteiger partial charge in [-0.05, 0) is 86.3 Å². The first kappa shape index (κ1) is 39.6. The molecule has 4 aromatic rings. The topological polar surface area (TPSA) is 106 Å². The second-order valence-electron chi connectivity index (χ2n) is 17.5. The number of ether oxygens (including phenoxy) is 4. The lowest BCUT2D eigenvalue weighted by Crippen LogP contribution is -2.81. The summed E-state index contributed by atoms with van der Waals surface area (Å²) in [6, 6.07) is 20.5. The number of hydrogen-bond acceptors (Lipinski definition) is 10. The fraction of sp³-hybridized carbons (Fsp3) is 0.500. The van der Waals surface area contributed by atoms with Crippen molar-refractivity contribution in [2.24, 2.45) is 12.5 Å². The van der Waals surface area contributed by atoms with Crippen molar-refractivity contribution in [3.8, 4) is 11.5 Å². The van der Waals surface area contributed by atoms with Gasteiger partial charge >= 0.3 is 11.9 Å². The summed E-state index contributed by atoms with van der Waals surface area (Å²) >= 11 is 0. The number of piperidine rings is 1. The van der Waals surface area contributed by atoms with Gasteiger partial charge in [-0.2, -0.15) is 0 Å². The Morgan fingerprint density at radius 1 is 0.932 bits per heavy atom. The van der Waals surface area contributed by atoms with E-state index in [1.54, 1.807) is 14.2 Å². The number of hydrogen-bond donors (Lipinski definition) is 1. The van der Waals surface area contributed by atoms with Crippen LogP contribution < -0.4 is 14.4 Å². The van der Waals surface area contributed by atoms with Gasteiger partial charge in [0.25, 0.3) is 0 Å². The summed E-state index contributed by atoms with van der Waals surface area (Å²) in [6.45, 7) is 7.84. The second-order valence-corrected chi connectivity index (χ2v) is 17.5. The number of rotatable bonds is 10. The Morgan fingerprint density at radius 3 is 2.36 bits per heavy atom. The lowest BCUT2D eigenvalue weighted by Gasteiger charge is -2.63. The highest BCUT2D eigenvalue weighted by molar-refractivity contribution is 5.88. The number of fused-ring (bicyclic) bond motifs is 2. The number of likely N-dealkylation sites (N-methyl/N-ethyl adjacent to an activating group) is 1. The van der Waals surface area contributed by atoms with Crippen molar-refractivity contribution in [3.63, 3.8) is 0 Å². The molecule has 5 heterocycles. The van der Waals surface area contributed by atoms with E-state index in [9.17, 15) is 14.7 Å². The van der Waals surface area contributed by atoms with Gasteiger partial charge in [0.15, 0.2) is 6.10 Å². The molecule has 9 rings (SSSR count). The maximum absolute atomic E-state index is 14.4. The van der Waals surface area contributed by atoms with Crippen molar-refractivity contribution < 1.29 is 33.6 Å². The molecule has 5 aliphatic rings. The molecule has 2 saturated heterocycles. The molecule has 1 N–H and O–H groups in total. The number of carbonyl (C=O) groups is 2. The summed E-state index contributed by atoms with van der Waals surface area (Å²) < 4.78 is 26.2. The molecule has 1 aliphatic carbocycles. The number of esters is 2. The minimum atomic E-state index is -2.21. The molecular weight excluding hydrogens is 745 g/mol. The summed E-state index contributed by atoms with van der Waals surface area (Å²) in [4.78, 5) is 34.5. The largest absolute Gasteiger partial charge is 0.497 e. The molecule has 0 amide bonds. The number of methoxy groups -OCH3 is 3.